The summed E-state index contributed by atoms with van der Waals surface area (Å²) in [6.07, 6.45) is 4.36. The van der Waals surface area contributed by atoms with Gasteiger partial charge in [-0.2, -0.15) is 0 Å². The van der Waals surface area contributed by atoms with E-state index < -0.39 is 0 Å². The second-order valence-corrected chi connectivity index (χ2v) is 5.80. The lowest BCUT2D eigenvalue weighted by Gasteiger charge is -2.27. The van der Waals surface area contributed by atoms with E-state index in [1.807, 2.05) is 18.2 Å². The van der Waals surface area contributed by atoms with E-state index in [1.54, 1.807) is 0 Å². The van der Waals surface area contributed by atoms with Crippen molar-refractivity contribution in [3.8, 4) is 0 Å². The van der Waals surface area contributed by atoms with E-state index >= 15 is 0 Å². The van der Waals surface area contributed by atoms with Gasteiger partial charge in [-0.05, 0) is 44.1 Å². The first-order valence-corrected chi connectivity index (χ1v) is 7.91. The highest BCUT2D eigenvalue weighted by Crippen LogP contribution is 2.18. The minimum atomic E-state index is -0.0535. The molecule has 2 atom stereocenters. The SMILES string of the molecule is C[C@@H]1C[C@H](CNC(=O)NCCCc2ccccc2)CCO1. The van der Waals surface area contributed by atoms with Gasteiger partial charge in [0.25, 0.3) is 0 Å². The van der Waals surface area contributed by atoms with Gasteiger partial charge in [0.15, 0.2) is 0 Å². The van der Waals surface area contributed by atoms with Gasteiger partial charge in [-0.25, -0.2) is 4.79 Å². The Bertz CT molecular complexity index is 422. The first kappa shape index (κ1) is 15.8. The van der Waals surface area contributed by atoms with Crippen LogP contribution in [0, 0.1) is 5.92 Å². The Labute approximate surface area is 127 Å². The van der Waals surface area contributed by atoms with Crippen LogP contribution in [-0.4, -0.2) is 31.8 Å². The van der Waals surface area contributed by atoms with Crippen LogP contribution in [0.2, 0.25) is 0 Å². The Morgan fingerprint density at radius 3 is 2.86 bits per heavy atom. The minimum Gasteiger partial charge on any atom is -0.378 e. The fourth-order valence-corrected chi connectivity index (χ4v) is 2.72. The van der Waals surface area contributed by atoms with Gasteiger partial charge in [-0.3, -0.25) is 0 Å². The Kier molecular flexibility index (Phi) is 6.54. The topological polar surface area (TPSA) is 50.4 Å². The van der Waals surface area contributed by atoms with Gasteiger partial charge in [0.2, 0.25) is 0 Å². The van der Waals surface area contributed by atoms with E-state index in [0.29, 0.717) is 18.6 Å². The maximum atomic E-state index is 11.7. The predicted molar refractivity (Wildman–Crippen MR) is 84.3 cm³/mol. The zero-order valence-electron chi connectivity index (χ0n) is 12.8. The van der Waals surface area contributed by atoms with Gasteiger partial charge in [0.1, 0.15) is 0 Å². The van der Waals surface area contributed by atoms with Crippen molar-refractivity contribution in [2.24, 2.45) is 5.92 Å². The molecule has 1 aliphatic rings. The van der Waals surface area contributed by atoms with Crippen LogP contribution in [0.15, 0.2) is 30.3 Å². The zero-order valence-corrected chi connectivity index (χ0v) is 12.8. The van der Waals surface area contributed by atoms with Crippen LogP contribution in [0.1, 0.15) is 31.7 Å². The Morgan fingerprint density at radius 1 is 1.29 bits per heavy atom. The number of amides is 2. The molecule has 1 fully saturated rings. The number of carbonyl (C=O) groups is 1. The van der Waals surface area contributed by atoms with Crippen LogP contribution in [0.4, 0.5) is 4.79 Å². The number of ether oxygens (including phenoxy) is 1. The van der Waals surface area contributed by atoms with Gasteiger partial charge >= 0.3 is 6.03 Å². The van der Waals surface area contributed by atoms with Crippen molar-refractivity contribution in [3.05, 3.63) is 35.9 Å². The van der Waals surface area contributed by atoms with Crippen molar-refractivity contribution in [1.29, 1.82) is 0 Å². The van der Waals surface area contributed by atoms with Gasteiger partial charge < -0.3 is 15.4 Å². The molecule has 0 spiro atoms. The van der Waals surface area contributed by atoms with Crippen molar-refractivity contribution in [1.82, 2.24) is 10.6 Å². The van der Waals surface area contributed by atoms with Crippen molar-refractivity contribution in [2.75, 3.05) is 19.7 Å². The number of nitrogens with one attached hydrogen (secondary N) is 2. The van der Waals surface area contributed by atoms with Crippen LogP contribution in [0.3, 0.4) is 0 Å². The van der Waals surface area contributed by atoms with E-state index in [2.05, 4.69) is 29.7 Å². The lowest BCUT2D eigenvalue weighted by atomic mass is 9.96. The monoisotopic (exact) mass is 290 g/mol. The van der Waals surface area contributed by atoms with Gasteiger partial charge in [0, 0.05) is 19.7 Å². The molecule has 2 amide bonds. The summed E-state index contributed by atoms with van der Waals surface area (Å²) >= 11 is 0. The average molecular weight is 290 g/mol. The van der Waals surface area contributed by atoms with E-state index in [-0.39, 0.29) is 6.03 Å². The summed E-state index contributed by atoms with van der Waals surface area (Å²) in [7, 11) is 0. The fourth-order valence-electron chi connectivity index (χ4n) is 2.72. The number of rotatable bonds is 6. The largest absolute Gasteiger partial charge is 0.378 e. The van der Waals surface area contributed by atoms with E-state index in [0.717, 1.165) is 38.8 Å². The molecule has 1 aromatic rings. The standard InChI is InChI=1S/C17H26N2O2/c1-14-12-16(9-11-21-14)13-19-17(20)18-10-5-8-15-6-3-2-4-7-15/h2-4,6-7,14,16H,5,8-13H2,1H3,(H2,18,19,20)/t14-,16-/m1/s1. The maximum Gasteiger partial charge on any atom is 0.314 e. The third kappa shape index (κ3) is 6.17. The van der Waals surface area contributed by atoms with Crippen LogP contribution in [-0.2, 0) is 11.2 Å². The molecular formula is C17H26N2O2. The molecule has 0 unspecified atom stereocenters. The van der Waals surface area contributed by atoms with E-state index in [4.69, 9.17) is 4.74 Å². The second-order valence-electron chi connectivity index (χ2n) is 5.80. The minimum absolute atomic E-state index is 0.0535. The Balaban J connectivity index is 1.53. The van der Waals surface area contributed by atoms with Crippen LogP contribution >= 0.6 is 0 Å². The van der Waals surface area contributed by atoms with Crippen LogP contribution in [0.5, 0.6) is 0 Å². The highest BCUT2D eigenvalue weighted by atomic mass is 16.5. The average Bonchev–Trinajstić information content (AvgIpc) is 2.51. The first-order chi connectivity index (χ1) is 10.2. The van der Waals surface area contributed by atoms with Crippen molar-refractivity contribution in [2.45, 2.75) is 38.7 Å². The molecule has 1 heterocycles. The molecule has 0 aliphatic carbocycles. The highest BCUT2D eigenvalue weighted by Gasteiger charge is 2.19. The molecule has 0 aromatic heterocycles. The third-order valence-electron chi connectivity index (χ3n) is 3.92. The fraction of sp³-hybridized carbons (Fsp3) is 0.588. The summed E-state index contributed by atoms with van der Waals surface area (Å²) in [5.41, 5.74) is 1.32. The molecule has 0 bridgehead atoms. The summed E-state index contributed by atoms with van der Waals surface area (Å²) in [5, 5.41) is 5.89. The second kappa shape index (κ2) is 8.67. The molecule has 2 rings (SSSR count). The number of hydrogen-bond acceptors (Lipinski definition) is 2. The van der Waals surface area contributed by atoms with Gasteiger partial charge in [-0.1, -0.05) is 30.3 Å². The molecular weight excluding hydrogens is 264 g/mol. The number of carbonyl (C=O) groups excluding carboxylic acids is 1. The molecule has 1 aromatic carbocycles. The van der Waals surface area contributed by atoms with Crippen molar-refractivity contribution in [3.63, 3.8) is 0 Å². The summed E-state index contributed by atoms with van der Waals surface area (Å²) in [6.45, 7) is 4.37. The molecule has 4 nitrogen and oxygen atoms in total. The summed E-state index contributed by atoms with van der Waals surface area (Å²) in [5.74, 6) is 0.545. The third-order valence-corrected chi connectivity index (χ3v) is 3.92. The highest BCUT2D eigenvalue weighted by molar-refractivity contribution is 5.73. The summed E-state index contributed by atoms with van der Waals surface area (Å²) < 4.78 is 5.51. The summed E-state index contributed by atoms with van der Waals surface area (Å²) in [6, 6.07) is 10.3. The Morgan fingerprint density at radius 2 is 2.10 bits per heavy atom. The molecule has 4 heteroatoms. The quantitative estimate of drug-likeness (QED) is 0.792. The molecule has 0 radical (unpaired) electrons. The summed E-state index contributed by atoms with van der Waals surface area (Å²) in [4.78, 5) is 11.7. The lowest BCUT2D eigenvalue weighted by molar-refractivity contribution is 0.00346. The number of urea groups is 1. The number of benzene rings is 1. The number of hydrogen-bond donors (Lipinski definition) is 2. The molecule has 0 saturated carbocycles. The van der Waals surface area contributed by atoms with Crippen molar-refractivity contribution < 1.29 is 9.53 Å². The molecule has 2 N–H and O–H groups in total. The number of aryl methyl sites for hydroxylation is 1. The maximum absolute atomic E-state index is 11.7. The molecule has 1 aliphatic heterocycles. The predicted octanol–water partition coefficient (Wildman–Crippen LogP) is 2.73. The van der Waals surface area contributed by atoms with Crippen LogP contribution in [0.25, 0.3) is 0 Å². The van der Waals surface area contributed by atoms with Gasteiger partial charge in [-0.15, -0.1) is 0 Å². The molecule has 21 heavy (non-hydrogen) atoms. The van der Waals surface area contributed by atoms with E-state index in [9.17, 15) is 4.79 Å². The van der Waals surface area contributed by atoms with Crippen LogP contribution < -0.4 is 10.6 Å². The lowest BCUT2D eigenvalue weighted by Crippen LogP contribution is -2.40. The van der Waals surface area contributed by atoms with E-state index in [1.165, 1.54) is 5.56 Å². The molecule has 1 saturated heterocycles. The Hall–Kier alpha value is -1.55. The smallest absolute Gasteiger partial charge is 0.314 e. The normalized spacial score (nSPS) is 21.8. The zero-order chi connectivity index (χ0) is 14.9. The van der Waals surface area contributed by atoms with Crippen molar-refractivity contribution >= 4 is 6.03 Å². The van der Waals surface area contributed by atoms with Gasteiger partial charge in [0.05, 0.1) is 6.10 Å². The molecule has 116 valence electrons. The first-order valence-electron chi connectivity index (χ1n) is 7.91.